The fraction of sp³-hybridized carbons (Fsp3) is 0.280. The second kappa shape index (κ2) is 9.51. The lowest BCUT2D eigenvalue weighted by Crippen LogP contribution is -2.24. The van der Waals surface area contributed by atoms with Crippen LogP contribution in [0.4, 0.5) is 0 Å². The van der Waals surface area contributed by atoms with Crippen molar-refractivity contribution < 1.29 is 13.9 Å². The fourth-order valence-corrected chi connectivity index (χ4v) is 3.68. The first-order valence-corrected chi connectivity index (χ1v) is 10.6. The molecular formula is C25H27N3O3. The molecule has 0 saturated heterocycles. The zero-order valence-electron chi connectivity index (χ0n) is 17.9. The molecule has 6 heteroatoms. The molecule has 0 radical (unpaired) electrons. The van der Waals surface area contributed by atoms with E-state index in [1.165, 1.54) is 11.8 Å². The summed E-state index contributed by atoms with van der Waals surface area (Å²) in [5.74, 6) is 1.83. The molecule has 2 aromatic heterocycles. The van der Waals surface area contributed by atoms with Crippen LogP contribution in [0.1, 0.15) is 40.3 Å². The maximum absolute atomic E-state index is 12.2. The van der Waals surface area contributed by atoms with E-state index in [9.17, 15) is 4.79 Å². The van der Waals surface area contributed by atoms with Gasteiger partial charge in [0.15, 0.2) is 5.76 Å². The number of hydrogen-bond donors (Lipinski definition) is 1. The molecule has 2 aromatic carbocycles. The highest BCUT2D eigenvalue weighted by molar-refractivity contribution is 5.91. The Hall–Kier alpha value is -3.54. The lowest BCUT2D eigenvalue weighted by atomic mass is 10.1. The number of aryl methyl sites for hydroxylation is 3. The van der Waals surface area contributed by atoms with Crippen LogP contribution in [0.2, 0.25) is 0 Å². The Morgan fingerprint density at radius 3 is 2.77 bits per heavy atom. The van der Waals surface area contributed by atoms with Gasteiger partial charge in [-0.05, 0) is 62.6 Å². The number of benzene rings is 2. The molecule has 0 aliphatic carbocycles. The third-order valence-electron chi connectivity index (χ3n) is 5.25. The van der Waals surface area contributed by atoms with Crippen molar-refractivity contribution in [1.29, 1.82) is 0 Å². The van der Waals surface area contributed by atoms with Crippen molar-refractivity contribution in [3.63, 3.8) is 0 Å². The number of hydrogen-bond acceptors (Lipinski definition) is 4. The van der Waals surface area contributed by atoms with E-state index in [1.807, 2.05) is 24.3 Å². The van der Waals surface area contributed by atoms with Gasteiger partial charge < -0.3 is 19.0 Å². The Balaban J connectivity index is 1.37. The monoisotopic (exact) mass is 417 g/mol. The van der Waals surface area contributed by atoms with E-state index in [4.69, 9.17) is 14.1 Å². The normalized spacial score (nSPS) is 11.0. The van der Waals surface area contributed by atoms with E-state index >= 15 is 0 Å². The Morgan fingerprint density at radius 2 is 1.97 bits per heavy atom. The number of imidazole rings is 1. The second-order valence-electron chi connectivity index (χ2n) is 7.65. The van der Waals surface area contributed by atoms with Crippen molar-refractivity contribution in [1.82, 2.24) is 14.9 Å². The van der Waals surface area contributed by atoms with Gasteiger partial charge in [0.2, 0.25) is 0 Å². The summed E-state index contributed by atoms with van der Waals surface area (Å²) < 4.78 is 13.3. The van der Waals surface area contributed by atoms with Gasteiger partial charge in [-0.2, -0.15) is 0 Å². The van der Waals surface area contributed by atoms with Crippen LogP contribution in [0.5, 0.6) is 5.75 Å². The Bertz CT molecular complexity index is 1160. The lowest BCUT2D eigenvalue weighted by Gasteiger charge is -2.12. The van der Waals surface area contributed by atoms with Gasteiger partial charge in [-0.15, -0.1) is 0 Å². The first-order chi connectivity index (χ1) is 15.1. The lowest BCUT2D eigenvalue weighted by molar-refractivity contribution is 0.0921. The number of unbranched alkanes of at least 4 members (excludes halogenated alkanes) is 1. The number of fused-ring (bicyclic) bond motifs is 1. The van der Waals surface area contributed by atoms with Crippen LogP contribution in [0.25, 0.3) is 11.0 Å². The SMILES string of the molecule is Cc1ccc(OCCCCn2c(CNC(=O)c3ccco3)nc3ccccc32)c(C)c1. The van der Waals surface area contributed by atoms with E-state index in [2.05, 4.69) is 41.9 Å². The second-order valence-corrected chi connectivity index (χ2v) is 7.65. The number of ether oxygens (including phenoxy) is 1. The molecule has 6 nitrogen and oxygen atoms in total. The molecule has 0 spiro atoms. The predicted molar refractivity (Wildman–Crippen MR) is 120 cm³/mol. The largest absolute Gasteiger partial charge is 0.493 e. The van der Waals surface area contributed by atoms with Crippen molar-refractivity contribution in [2.75, 3.05) is 6.61 Å². The molecule has 0 aliphatic heterocycles. The molecule has 0 atom stereocenters. The van der Waals surface area contributed by atoms with E-state index in [1.54, 1.807) is 12.1 Å². The molecule has 0 bridgehead atoms. The highest BCUT2D eigenvalue weighted by atomic mass is 16.5. The Labute approximate surface area is 181 Å². The van der Waals surface area contributed by atoms with Crippen LogP contribution in [-0.4, -0.2) is 22.1 Å². The van der Waals surface area contributed by atoms with E-state index < -0.39 is 0 Å². The van der Waals surface area contributed by atoms with Crippen molar-refractivity contribution in [2.24, 2.45) is 0 Å². The van der Waals surface area contributed by atoms with Crippen molar-refractivity contribution in [3.05, 3.63) is 83.6 Å². The molecule has 4 rings (SSSR count). The number of nitrogens with one attached hydrogen (secondary N) is 1. The number of para-hydroxylation sites is 2. The summed E-state index contributed by atoms with van der Waals surface area (Å²) in [6.07, 6.45) is 3.37. The van der Waals surface area contributed by atoms with Gasteiger partial charge >= 0.3 is 0 Å². The van der Waals surface area contributed by atoms with E-state index in [0.717, 1.165) is 47.6 Å². The summed E-state index contributed by atoms with van der Waals surface area (Å²) in [5, 5.41) is 2.90. The first-order valence-electron chi connectivity index (χ1n) is 10.6. The third kappa shape index (κ3) is 4.97. The summed E-state index contributed by atoms with van der Waals surface area (Å²) in [6.45, 7) is 5.97. The summed E-state index contributed by atoms with van der Waals surface area (Å²) in [5.41, 5.74) is 4.40. The zero-order valence-corrected chi connectivity index (χ0v) is 17.9. The van der Waals surface area contributed by atoms with E-state index in [0.29, 0.717) is 18.9 Å². The molecule has 0 aliphatic rings. The van der Waals surface area contributed by atoms with Crippen LogP contribution in [0.3, 0.4) is 0 Å². The summed E-state index contributed by atoms with van der Waals surface area (Å²) in [6, 6.07) is 17.6. The number of rotatable bonds is 9. The first kappa shape index (κ1) is 20.7. The topological polar surface area (TPSA) is 69.3 Å². The van der Waals surface area contributed by atoms with Gasteiger partial charge in [-0.1, -0.05) is 29.8 Å². The van der Waals surface area contributed by atoms with Crippen LogP contribution in [0, 0.1) is 13.8 Å². The number of amides is 1. The molecule has 4 aromatic rings. The van der Waals surface area contributed by atoms with Crippen LogP contribution in [0.15, 0.2) is 65.3 Å². The maximum atomic E-state index is 12.2. The molecule has 1 amide bonds. The molecule has 160 valence electrons. The maximum Gasteiger partial charge on any atom is 0.287 e. The smallest absolute Gasteiger partial charge is 0.287 e. The van der Waals surface area contributed by atoms with Crippen molar-refractivity contribution in [3.8, 4) is 5.75 Å². The number of carbonyl (C=O) groups is 1. The van der Waals surface area contributed by atoms with Crippen LogP contribution in [-0.2, 0) is 13.1 Å². The minimum Gasteiger partial charge on any atom is -0.493 e. The van der Waals surface area contributed by atoms with Gasteiger partial charge in [0.25, 0.3) is 5.91 Å². The number of furan rings is 1. The predicted octanol–water partition coefficient (Wildman–Crippen LogP) is 5.04. The molecule has 2 heterocycles. The molecule has 0 saturated carbocycles. The van der Waals surface area contributed by atoms with Crippen molar-refractivity contribution >= 4 is 16.9 Å². The number of carbonyl (C=O) groups excluding carboxylic acids is 1. The molecular weight excluding hydrogens is 390 g/mol. The van der Waals surface area contributed by atoms with Gasteiger partial charge in [-0.25, -0.2) is 4.98 Å². The Kier molecular flexibility index (Phi) is 6.36. The van der Waals surface area contributed by atoms with Crippen molar-refractivity contribution in [2.45, 2.75) is 39.8 Å². The molecule has 31 heavy (non-hydrogen) atoms. The van der Waals surface area contributed by atoms with Gasteiger partial charge in [0.1, 0.15) is 11.6 Å². The average Bonchev–Trinajstić information content (AvgIpc) is 3.42. The van der Waals surface area contributed by atoms with Gasteiger partial charge in [0, 0.05) is 6.54 Å². The minimum absolute atomic E-state index is 0.245. The number of nitrogens with zero attached hydrogens (tertiary/aromatic N) is 2. The standard InChI is InChI=1S/C25H27N3O3/c1-18-11-12-22(19(2)16-18)30-14-6-5-13-28-21-9-4-3-8-20(21)27-24(28)17-26-25(29)23-10-7-15-31-23/h3-4,7-12,15-16H,5-6,13-14,17H2,1-2H3,(H,26,29). The summed E-state index contributed by atoms with van der Waals surface area (Å²) >= 11 is 0. The highest BCUT2D eigenvalue weighted by Crippen LogP contribution is 2.20. The van der Waals surface area contributed by atoms with Crippen LogP contribution < -0.4 is 10.1 Å². The molecule has 1 N–H and O–H groups in total. The van der Waals surface area contributed by atoms with E-state index in [-0.39, 0.29) is 5.91 Å². The molecule has 0 unspecified atom stereocenters. The van der Waals surface area contributed by atoms with Crippen LogP contribution >= 0.6 is 0 Å². The fourth-order valence-electron chi connectivity index (χ4n) is 3.68. The van der Waals surface area contributed by atoms with Gasteiger partial charge in [0.05, 0.1) is 30.4 Å². The third-order valence-corrected chi connectivity index (χ3v) is 5.25. The van der Waals surface area contributed by atoms with Gasteiger partial charge in [-0.3, -0.25) is 4.79 Å². The zero-order chi connectivity index (χ0) is 21.6. The summed E-state index contributed by atoms with van der Waals surface area (Å²) in [4.78, 5) is 16.9. The quantitative estimate of drug-likeness (QED) is 0.388. The minimum atomic E-state index is -0.245. The average molecular weight is 418 g/mol. The highest BCUT2D eigenvalue weighted by Gasteiger charge is 2.13. The molecule has 0 fully saturated rings. The number of aromatic nitrogens is 2. The summed E-state index contributed by atoms with van der Waals surface area (Å²) in [7, 11) is 0. The Morgan fingerprint density at radius 1 is 1.10 bits per heavy atom.